The first-order valence-corrected chi connectivity index (χ1v) is 7.53. The summed E-state index contributed by atoms with van der Waals surface area (Å²) in [5.41, 5.74) is 0. The second-order valence-electron chi connectivity index (χ2n) is 5.56. The largest absolute Gasteiger partial charge is 0.357 e. The van der Waals surface area contributed by atoms with E-state index in [0.717, 1.165) is 57.3 Å². The molecule has 19 heavy (non-hydrogen) atoms. The van der Waals surface area contributed by atoms with Gasteiger partial charge in [0.2, 0.25) is 5.91 Å². The molecule has 1 aliphatic carbocycles. The molecule has 2 rings (SSSR count). The maximum Gasteiger partial charge on any atom is 0.222 e. The van der Waals surface area contributed by atoms with Crippen LogP contribution in [-0.2, 0) is 4.79 Å². The van der Waals surface area contributed by atoms with E-state index in [9.17, 15) is 4.79 Å². The summed E-state index contributed by atoms with van der Waals surface area (Å²) < 4.78 is 0. The van der Waals surface area contributed by atoms with Crippen molar-refractivity contribution in [2.45, 2.75) is 45.6 Å². The van der Waals surface area contributed by atoms with E-state index in [4.69, 9.17) is 0 Å². The fraction of sp³-hybridized carbons (Fsp3) is 0.857. The van der Waals surface area contributed by atoms with Crippen LogP contribution in [0.4, 0.5) is 0 Å². The second kappa shape index (κ2) is 6.78. The van der Waals surface area contributed by atoms with Crippen molar-refractivity contribution in [2.24, 2.45) is 10.9 Å². The zero-order valence-electron chi connectivity index (χ0n) is 12.1. The molecule has 5 nitrogen and oxygen atoms in total. The van der Waals surface area contributed by atoms with Crippen LogP contribution in [0.15, 0.2) is 4.99 Å². The number of hydrogen-bond donors (Lipinski definition) is 2. The summed E-state index contributed by atoms with van der Waals surface area (Å²) in [5.74, 6) is 2.00. The highest BCUT2D eigenvalue weighted by atomic mass is 16.2. The molecule has 0 radical (unpaired) electrons. The summed E-state index contributed by atoms with van der Waals surface area (Å²) in [4.78, 5) is 18.0. The predicted octanol–water partition coefficient (Wildman–Crippen LogP) is 0.962. The zero-order chi connectivity index (χ0) is 13.7. The standard InChI is InChI=1S/C14H26N4O/c1-3-15-14(17-12-10-11(12)2)16-7-5-9-18-8-4-6-13(18)19/h11-12H,3-10H2,1-2H3,(H2,15,16,17). The molecule has 2 aliphatic rings. The van der Waals surface area contributed by atoms with Crippen molar-refractivity contribution in [2.75, 3.05) is 26.2 Å². The molecule has 0 bridgehead atoms. The maximum absolute atomic E-state index is 11.5. The highest BCUT2D eigenvalue weighted by Gasteiger charge is 2.33. The number of carbonyl (C=O) groups excluding carboxylic acids is 1. The molecule has 2 N–H and O–H groups in total. The molecule has 2 fully saturated rings. The molecular weight excluding hydrogens is 240 g/mol. The predicted molar refractivity (Wildman–Crippen MR) is 77.1 cm³/mol. The van der Waals surface area contributed by atoms with Crippen LogP contribution in [0.3, 0.4) is 0 Å². The lowest BCUT2D eigenvalue weighted by molar-refractivity contribution is -0.127. The van der Waals surface area contributed by atoms with Crippen LogP contribution in [0.2, 0.25) is 0 Å². The number of amides is 1. The van der Waals surface area contributed by atoms with Gasteiger partial charge in [-0.05, 0) is 32.1 Å². The first-order chi connectivity index (χ1) is 9.20. The van der Waals surface area contributed by atoms with Crippen molar-refractivity contribution in [3.8, 4) is 0 Å². The minimum absolute atomic E-state index is 0.306. The topological polar surface area (TPSA) is 56.7 Å². The van der Waals surface area contributed by atoms with E-state index in [-0.39, 0.29) is 0 Å². The van der Waals surface area contributed by atoms with Gasteiger partial charge in [-0.25, -0.2) is 0 Å². The Labute approximate surface area is 115 Å². The highest BCUT2D eigenvalue weighted by Crippen LogP contribution is 2.28. The van der Waals surface area contributed by atoms with Crippen molar-refractivity contribution in [1.82, 2.24) is 15.5 Å². The van der Waals surface area contributed by atoms with E-state index >= 15 is 0 Å². The van der Waals surface area contributed by atoms with Crippen LogP contribution in [0.25, 0.3) is 0 Å². The van der Waals surface area contributed by atoms with E-state index in [2.05, 4.69) is 29.5 Å². The minimum Gasteiger partial charge on any atom is -0.357 e. The van der Waals surface area contributed by atoms with Crippen molar-refractivity contribution < 1.29 is 4.79 Å². The van der Waals surface area contributed by atoms with Gasteiger partial charge >= 0.3 is 0 Å². The molecule has 2 atom stereocenters. The summed E-state index contributed by atoms with van der Waals surface area (Å²) in [6, 6.07) is 0.595. The van der Waals surface area contributed by atoms with Gasteiger partial charge in [0.15, 0.2) is 5.96 Å². The fourth-order valence-corrected chi connectivity index (χ4v) is 2.41. The lowest BCUT2D eigenvalue weighted by Gasteiger charge is -2.15. The smallest absolute Gasteiger partial charge is 0.222 e. The molecule has 0 aromatic rings. The molecule has 1 saturated carbocycles. The molecule has 1 heterocycles. The molecule has 5 heteroatoms. The summed E-state index contributed by atoms with van der Waals surface area (Å²) in [6.45, 7) is 7.77. The van der Waals surface area contributed by atoms with Crippen molar-refractivity contribution >= 4 is 11.9 Å². The Morgan fingerprint density at radius 2 is 2.32 bits per heavy atom. The number of hydrogen-bond acceptors (Lipinski definition) is 2. The number of carbonyl (C=O) groups is 1. The van der Waals surface area contributed by atoms with E-state index in [1.807, 2.05) is 4.90 Å². The first kappa shape index (κ1) is 14.2. The van der Waals surface area contributed by atoms with Gasteiger partial charge in [-0.3, -0.25) is 9.79 Å². The number of likely N-dealkylation sites (tertiary alicyclic amines) is 1. The summed E-state index contributed by atoms with van der Waals surface area (Å²) in [7, 11) is 0. The Bertz CT molecular complexity index is 342. The number of nitrogens with one attached hydrogen (secondary N) is 2. The van der Waals surface area contributed by atoms with Crippen LogP contribution < -0.4 is 10.6 Å². The van der Waals surface area contributed by atoms with E-state index in [1.165, 1.54) is 6.42 Å². The van der Waals surface area contributed by atoms with Crippen LogP contribution in [0.5, 0.6) is 0 Å². The quantitative estimate of drug-likeness (QED) is 0.428. The van der Waals surface area contributed by atoms with Gasteiger partial charge < -0.3 is 15.5 Å². The van der Waals surface area contributed by atoms with Gasteiger partial charge in [-0.2, -0.15) is 0 Å². The molecule has 1 amide bonds. The molecule has 0 aromatic heterocycles. The van der Waals surface area contributed by atoms with Gasteiger partial charge in [0.25, 0.3) is 0 Å². The third-order valence-electron chi connectivity index (χ3n) is 3.80. The average Bonchev–Trinajstić information content (AvgIpc) is 2.91. The molecule has 2 unspecified atom stereocenters. The fourth-order valence-electron chi connectivity index (χ4n) is 2.41. The van der Waals surface area contributed by atoms with Gasteiger partial charge in [-0.15, -0.1) is 0 Å². The Kier molecular flexibility index (Phi) is 5.05. The summed E-state index contributed by atoms with van der Waals surface area (Å²) >= 11 is 0. The van der Waals surface area contributed by atoms with E-state index < -0.39 is 0 Å². The lowest BCUT2D eigenvalue weighted by Crippen LogP contribution is -2.39. The molecule has 0 aromatic carbocycles. The van der Waals surface area contributed by atoms with Crippen molar-refractivity contribution in [3.05, 3.63) is 0 Å². The normalized spacial score (nSPS) is 26.7. The van der Waals surface area contributed by atoms with Crippen LogP contribution in [0, 0.1) is 5.92 Å². The molecule has 108 valence electrons. The minimum atomic E-state index is 0.306. The van der Waals surface area contributed by atoms with Gasteiger partial charge in [-0.1, -0.05) is 6.92 Å². The molecule has 1 saturated heterocycles. The SMILES string of the molecule is CCNC(=NCCCN1CCCC1=O)NC1CC1C. The molecular formula is C14H26N4O. The average molecular weight is 266 g/mol. The summed E-state index contributed by atoms with van der Waals surface area (Å²) in [6.07, 6.45) is 3.94. The van der Waals surface area contributed by atoms with E-state index in [0.29, 0.717) is 11.9 Å². The molecule has 0 spiro atoms. The van der Waals surface area contributed by atoms with Crippen LogP contribution >= 0.6 is 0 Å². The van der Waals surface area contributed by atoms with Crippen LogP contribution in [-0.4, -0.2) is 49.0 Å². The first-order valence-electron chi connectivity index (χ1n) is 7.53. The van der Waals surface area contributed by atoms with Crippen molar-refractivity contribution in [1.29, 1.82) is 0 Å². The Morgan fingerprint density at radius 3 is 2.89 bits per heavy atom. The number of nitrogens with zero attached hydrogens (tertiary/aromatic N) is 2. The van der Waals surface area contributed by atoms with Gasteiger partial charge in [0.1, 0.15) is 0 Å². The molecule has 1 aliphatic heterocycles. The number of aliphatic imine (C=N–C) groups is 1. The zero-order valence-corrected chi connectivity index (χ0v) is 12.1. The number of guanidine groups is 1. The van der Waals surface area contributed by atoms with Gasteiger partial charge in [0, 0.05) is 38.6 Å². The van der Waals surface area contributed by atoms with Gasteiger partial charge in [0.05, 0.1) is 0 Å². The Hall–Kier alpha value is -1.26. The number of rotatable bonds is 6. The summed E-state index contributed by atoms with van der Waals surface area (Å²) in [5, 5.41) is 6.71. The lowest BCUT2D eigenvalue weighted by atomic mass is 10.4. The third kappa shape index (κ3) is 4.40. The third-order valence-corrected chi connectivity index (χ3v) is 3.80. The Balaban J connectivity index is 1.67. The van der Waals surface area contributed by atoms with Crippen molar-refractivity contribution in [3.63, 3.8) is 0 Å². The van der Waals surface area contributed by atoms with E-state index in [1.54, 1.807) is 0 Å². The Morgan fingerprint density at radius 1 is 1.53 bits per heavy atom. The highest BCUT2D eigenvalue weighted by molar-refractivity contribution is 5.80. The maximum atomic E-state index is 11.5. The monoisotopic (exact) mass is 266 g/mol. The van der Waals surface area contributed by atoms with Crippen LogP contribution in [0.1, 0.15) is 39.5 Å². The second-order valence-corrected chi connectivity index (χ2v) is 5.56.